The van der Waals surface area contributed by atoms with Gasteiger partial charge in [-0.25, -0.2) is 4.79 Å². The molecule has 1 aromatic heterocycles. The van der Waals surface area contributed by atoms with Crippen molar-refractivity contribution < 1.29 is 14.7 Å². The first-order chi connectivity index (χ1) is 11.5. The molecule has 3 amide bonds. The highest BCUT2D eigenvalue weighted by atomic mass is 16.3. The van der Waals surface area contributed by atoms with E-state index in [0.29, 0.717) is 10.9 Å². The molecule has 0 bridgehead atoms. The highest BCUT2D eigenvalue weighted by molar-refractivity contribution is 6.13. The number of amides is 3. The van der Waals surface area contributed by atoms with E-state index in [0.717, 1.165) is 16.7 Å². The van der Waals surface area contributed by atoms with Crippen LogP contribution in [0.15, 0.2) is 42.5 Å². The topological polar surface area (TPSA) is 134 Å². The van der Waals surface area contributed by atoms with Gasteiger partial charge in [0.1, 0.15) is 5.82 Å². The molecule has 0 radical (unpaired) electrons. The molecule has 0 unspecified atom stereocenters. The molecule has 0 aliphatic heterocycles. The third-order valence-electron chi connectivity index (χ3n) is 3.74. The minimum atomic E-state index is -0.792. The van der Waals surface area contributed by atoms with Gasteiger partial charge in [0.25, 0.3) is 5.91 Å². The van der Waals surface area contributed by atoms with Gasteiger partial charge in [-0.05, 0) is 28.8 Å². The Hall–Kier alpha value is -3.32. The fourth-order valence-corrected chi connectivity index (χ4v) is 2.70. The van der Waals surface area contributed by atoms with Crippen LogP contribution < -0.4 is 16.8 Å². The second kappa shape index (κ2) is 6.05. The standard InChI is InChI=1S/C17H16N4O3/c18-15(23)14-12-5-4-11(10-3-1-2-9(6-10)8-22)7-13(12)20-16(14)21-17(19)24/h1-7,20,22H,8H2,(H2,18,23)(H3,19,21,24). The lowest BCUT2D eigenvalue weighted by Crippen LogP contribution is -2.22. The summed E-state index contributed by atoms with van der Waals surface area (Å²) in [5.74, 6) is -0.494. The van der Waals surface area contributed by atoms with Crippen LogP contribution >= 0.6 is 0 Å². The smallest absolute Gasteiger partial charge is 0.317 e. The Bertz CT molecular complexity index is 946. The number of aromatic amines is 1. The van der Waals surface area contributed by atoms with E-state index >= 15 is 0 Å². The Labute approximate surface area is 137 Å². The normalized spacial score (nSPS) is 10.7. The number of primary amides is 2. The van der Waals surface area contributed by atoms with E-state index in [9.17, 15) is 14.7 Å². The van der Waals surface area contributed by atoms with Gasteiger partial charge < -0.3 is 21.6 Å². The maximum absolute atomic E-state index is 11.7. The van der Waals surface area contributed by atoms with Crippen LogP contribution in [0, 0.1) is 0 Å². The molecule has 0 spiro atoms. The zero-order valence-corrected chi connectivity index (χ0v) is 12.7. The molecule has 0 saturated heterocycles. The summed E-state index contributed by atoms with van der Waals surface area (Å²) < 4.78 is 0. The minimum absolute atomic E-state index is 0.0446. The van der Waals surface area contributed by atoms with Crippen LogP contribution in [0.2, 0.25) is 0 Å². The summed E-state index contributed by atoms with van der Waals surface area (Å²) in [5.41, 5.74) is 14.0. The largest absolute Gasteiger partial charge is 0.392 e. The Kier molecular flexibility index (Phi) is 3.93. The molecule has 7 heteroatoms. The molecular weight excluding hydrogens is 308 g/mol. The van der Waals surface area contributed by atoms with Crippen molar-refractivity contribution in [3.63, 3.8) is 0 Å². The number of benzene rings is 2. The zero-order valence-electron chi connectivity index (χ0n) is 12.7. The second-order valence-electron chi connectivity index (χ2n) is 5.35. The van der Waals surface area contributed by atoms with Gasteiger partial charge in [-0.3, -0.25) is 10.1 Å². The molecule has 0 fully saturated rings. The Morgan fingerprint density at radius 3 is 2.50 bits per heavy atom. The molecule has 1 heterocycles. The third-order valence-corrected chi connectivity index (χ3v) is 3.74. The summed E-state index contributed by atoms with van der Waals surface area (Å²) in [4.78, 5) is 25.7. The average molecular weight is 324 g/mol. The lowest BCUT2D eigenvalue weighted by Gasteiger charge is -2.04. The number of fused-ring (bicyclic) bond motifs is 1. The van der Waals surface area contributed by atoms with Crippen LogP contribution in [0.5, 0.6) is 0 Å². The number of carbonyl (C=O) groups is 2. The van der Waals surface area contributed by atoms with Gasteiger partial charge >= 0.3 is 6.03 Å². The molecule has 3 rings (SSSR count). The minimum Gasteiger partial charge on any atom is -0.392 e. The summed E-state index contributed by atoms with van der Waals surface area (Å²) in [6.07, 6.45) is 0. The second-order valence-corrected chi connectivity index (χ2v) is 5.35. The van der Waals surface area contributed by atoms with Crippen molar-refractivity contribution in [2.75, 3.05) is 5.32 Å². The number of H-pyrrole nitrogens is 1. The SMILES string of the molecule is NC(=O)Nc1[nH]c2cc(-c3cccc(CO)c3)ccc2c1C(N)=O. The average Bonchev–Trinajstić information content (AvgIpc) is 2.91. The van der Waals surface area contributed by atoms with Crippen LogP contribution in [0.25, 0.3) is 22.0 Å². The van der Waals surface area contributed by atoms with E-state index in [-0.39, 0.29) is 18.0 Å². The van der Waals surface area contributed by atoms with Crippen molar-refractivity contribution in [3.05, 3.63) is 53.6 Å². The van der Waals surface area contributed by atoms with Gasteiger partial charge in [-0.1, -0.05) is 30.3 Å². The molecule has 7 nitrogen and oxygen atoms in total. The van der Waals surface area contributed by atoms with Crippen molar-refractivity contribution >= 4 is 28.7 Å². The van der Waals surface area contributed by atoms with Gasteiger partial charge in [-0.2, -0.15) is 0 Å². The predicted molar refractivity (Wildman–Crippen MR) is 91.4 cm³/mol. The molecule has 24 heavy (non-hydrogen) atoms. The van der Waals surface area contributed by atoms with E-state index < -0.39 is 11.9 Å². The maximum Gasteiger partial charge on any atom is 0.317 e. The lowest BCUT2D eigenvalue weighted by molar-refractivity contribution is 0.100. The van der Waals surface area contributed by atoms with Gasteiger partial charge in [0.2, 0.25) is 0 Å². The van der Waals surface area contributed by atoms with E-state index in [1.54, 1.807) is 6.07 Å². The number of hydrogen-bond acceptors (Lipinski definition) is 3. The van der Waals surface area contributed by atoms with Gasteiger partial charge in [-0.15, -0.1) is 0 Å². The van der Waals surface area contributed by atoms with Crippen LogP contribution in [0.1, 0.15) is 15.9 Å². The number of nitrogens with two attached hydrogens (primary N) is 2. The van der Waals surface area contributed by atoms with E-state index in [2.05, 4.69) is 10.3 Å². The van der Waals surface area contributed by atoms with Crippen molar-refractivity contribution in [2.45, 2.75) is 6.61 Å². The number of rotatable bonds is 4. The maximum atomic E-state index is 11.7. The van der Waals surface area contributed by atoms with Crippen LogP contribution in [-0.2, 0) is 6.61 Å². The Balaban J connectivity index is 2.14. The van der Waals surface area contributed by atoms with Crippen molar-refractivity contribution in [1.29, 1.82) is 0 Å². The van der Waals surface area contributed by atoms with E-state index in [1.807, 2.05) is 36.4 Å². The molecule has 3 aromatic rings. The predicted octanol–water partition coefficient (Wildman–Crippen LogP) is 1.92. The Morgan fingerprint density at radius 1 is 1.08 bits per heavy atom. The Morgan fingerprint density at radius 2 is 1.83 bits per heavy atom. The number of carbonyl (C=O) groups excluding carboxylic acids is 2. The molecule has 122 valence electrons. The van der Waals surface area contributed by atoms with E-state index in [4.69, 9.17) is 11.5 Å². The number of nitrogens with one attached hydrogen (secondary N) is 2. The first-order valence-electron chi connectivity index (χ1n) is 7.21. The van der Waals surface area contributed by atoms with Gasteiger partial charge in [0.15, 0.2) is 0 Å². The summed E-state index contributed by atoms with van der Waals surface area (Å²) in [6, 6.07) is 12.1. The quantitative estimate of drug-likeness (QED) is 0.502. The first kappa shape index (κ1) is 15.6. The lowest BCUT2D eigenvalue weighted by atomic mass is 10.0. The molecule has 0 aliphatic rings. The number of aliphatic hydroxyl groups excluding tert-OH is 1. The molecule has 0 aliphatic carbocycles. The summed E-state index contributed by atoms with van der Waals surface area (Å²) >= 11 is 0. The van der Waals surface area contributed by atoms with Gasteiger partial charge in [0, 0.05) is 10.9 Å². The van der Waals surface area contributed by atoms with Crippen LogP contribution in [0.3, 0.4) is 0 Å². The molecule has 2 aromatic carbocycles. The fraction of sp³-hybridized carbons (Fsp3) is 0.0588. The van der Waals surface area contributed by atoms with Crippen molar-refractivity contribution in [1.82, 2.24) is 4.98 Å². The first-order valence-corrected chi connectivity index (χ1v) is 7.21. The number of aromatic nitrogens is 1. The summed E-state index contributed by atoms with van der Waals surface area (Å²) in [6.45, 7) is -0.0446. The highest BCUT2D eigenvalue weighted by Gasteiger charge is 2.17. The van der Waals surface area contributed by atoms with Crippen molar-refractivity contribution in [3.8, 4) is 11.1 Å². The van der Waals surface area contributed by atoms with Gasteiger partial charge in [0.05, 0.1) is 12.2 Å². The highest BCUT2D eigenvalue weighted by Crippen LogP contribution is 2.30. The molecule has 7 N–H and O–H groups in total. The third kappa shape index (κ3) is 2.80. The van der Waals surface area contributed by atoms with Crippen molar-refractivity contribution in [2.24, 2.45) is 11.5 Å². The number of aliphatic hydroxyl groups is 1. The number of hydrogen-bond donors (Lipinski definition) is 5. The summed E-state index contributed by atoms with van der Waals surface area (Å²) in [7, 11) is 0. The fourth-order valence-electron chi connectivity index (χ4n) is 2.70. The molecular formula is C17H16N4O3. The monoisotopic (exact) mass is 324 g/mol. The van der Waals surface area contributed by atoms with Crippen LogP contribution in [0.4, 0.5) is 10.6 Å². The van der Waals surface area contributed by atoms with E-state index in [1.165, 1.54) is 0 Å². The zero-order chi connectivity index (χ0) is 17.3. The number of urea groups is 1. The number of anilines is 1. The molecule has 0 atom stereocenters. The van der Waals surface area contributed by atoms with Crippen LogP contribution in [-0.4, -0.2) is 22.0 Å². The summed E-state index contributed by atoms with van der Waals surface area (Å²) in [5, 5.41) is 12.2. The molecule has 0 saturated carbocycles.